The van der Waals surface area contributed by atoms with Crippen LogP contribution < -0.4 is 5.69 Å². The largest absolute Gasteiger partial charge is 0.340 e. The lowest BCUT2D eigenvalue weighted by Crippen LogP contribution is -2.14. The lowest BCUT2D eigenvalue weighted by Gasteiger charge is -2.23. The number of rotatable bonds is 2. The minimum atomic E-state index is -0.195. The number of aromatic amines is 2. The third-order valence-corrected chi connectivity index (χ3v) is 2.26. The number of hydrogen-bond acceptors (Lipinski definition) is 2. The third-order valence-electron chi connectivity index (χ3n) is 2.26. The van der Waals surface area contributed by atoms with E-state index in [2.05, 4.69) is 15.2 Å². The highest BCUT2D eigenvalue weighted by atomic mass is 16.1. The van der Waals surface area contributed by atoms with E-state index in [4.69, 9.17) is 0 Å². The molecule has 4 heteroatoms. The summed E-state index contributed by atoms with van der Waals surface area (Å²) in [5.41, 5.74) is -0.195. The Hall–Kier alpha value is -1.06. The summed E-state index contributed by atoms with van der Waals surface area (Å²) in [6.07, 6.45) is 4.84. The van der Waals surface area contributed by atoms with Gasteiger partial charge in [-0.25, -0.2) is 9.89 Å². The van der Waals surface area contributed by atoms with Gasteiger partial charge in [-0.3, -0.25) is 4.98 Å². The van der Waals surface area contributed by atoms with E-state index in [1.54, 1.807) is 0 Å². The van der Waals surface area contributed by atoms with Crippen LogP contribution in [0.3, 0.4) is 0 Å². The van der Waals surface area contributed by atoms with Crippen molar-refractivity contribution < 1.29 is 0 Å². The summed E-state index contributed by atoms with van der Waals surface area (Å²) in [5, 5.41) is 6.21. The van der Waals surface area contributed by atoms with Gasteiger partial charge < -0.3 is 0 Å². The molecular formula is C7H11N3O. The molecule has 1 aliphatic carbocycles. The molecule has 2 rings (SSSR count). The van der Waals surface area contributed by atoms with Gasteiger partial charge in [0.15, 0.2) is 0 Å². The average molecular weight is 153 g/mol. The van der Waals surface area contributed by atoms with Gasteiger partial charge in [0.1, 0.15) is 5.82 Å². The Morgan fingerprint density at radius 1 is 1.55 bits per heavy atom. The molecule has 1 aliphatic rings. The van der Waals surface area contributed by atoms with Gasteiger partial charge in [0, 0.05) is 6.42 Å². The Bertz CT molecular complexity index is 284. The SMILES string of the molecule is O=c1[nH]nc(CC2CCC2)[nH]1. The molecule has 4 nitrogen and oxygen atoms in total. The van der Waals surface area contributed by atoms with Crippen molar-refractivity contribution in [3.8, 4) is 0 Å². The number of nitrogens with zero attached hydrogens (tertiary/aromatic N) is 1. The van der Waals surface area contributed by atoms with Crippen molar-refractivity contribution in [2.24, 2.45) is 5.92 Å². The van der Waals surface area contributed by atoms with Crippen molar-refractivity contribution in [2.75, 3.05) is 0 Å². The van der Waals surface area contributed by atoms with Gasteiger partial charge in [-0.1, -0.05) is 19.3 Å². The molecule has 0 atom stereocenters. The summed E-state index contributed by atoms with van der Waals surface area (Å²) in [6, 6.07) is 0. The zero-order valence-corrected chi connectivity index (χ0v) is 6.26. The van der Waals surface area contributed by atoms with E-state index in [1.807, 2.05) is 0 Å². The normalized spacial score (nSPS) is 18.2. The average Bonchev–Trinajstić information content (AvgIpc) is 2.27. The Labute approximate surface area is 64.0 Å². The van der Waals surface area contributed by atoms with E-state index in [-0.39, 0.29) is 5.69 Å². The van der Waals surface area contributed by atoms with Crippen LogP contribution in [0.5, 0.6) is 0 Å². The smallest absolute Gasteiger partial charge is 0.293 e. The molecule has 0 amide bonds. The Morgan fingerprint density at radius 2 is 2.36 bits per heavy atom. The quantitative estimate of drug-likeness (QED) is 0.647. The molecular weight excluding hydrogens is 142 g/mol. The first-order chi connectivity index (χ1) is 5.34. The zero-order valence-electron chi connectivity index (χ0n) is 6.26. The van der Waals surface area contributed by atoms with Gasteiger partial charge in [0.2, 0.25) is 0 Å². The maximum absolute atomic E-state index is 10.6. The molecule has 0 aromatic carbocycles. The molecule has 2 N–H and O–H groups in total. The highest BCUT2D eigenvalue weighted by Gasteiger charge is 2.18. The van der Waals surface area contributed by atoms with Crippen LogP contribution in [0.4, 0.5) is 0 Å². The van der Waals surface area contributed by atoms with Gasteiger partial charge in [0.25, 0.3) is 0 Å². The lowest BCUT2D eigenvalue weighted by molar-refractivity contribution is 0.309. The summed E-state index contributed by atoms with van der Waals surface area (Å²) in [5.74, 6) is 1.56. The van der Waals surface area contributed by atoms with E-state index in [0.717, 1.165) is 18.2 Å². The fourth-order valence-corrected chi connectivity index (χ4v) is 1.37. The van der Waals surface area contributed by atoms with Crippen molar-refractivity contribution in [1.82, 2.24) is 15.2 Å². The predicted molar refractivity (Wildman–Crippen MR) is 40.3 cm³/mol. The molecule has 0 radical (unpaired) electrons. The Morgan fingerprint density at radius 3 is 2.82 bits per heavy atom. The first-order valence-electron chi connectivity index (χ1n) is 3.98. The van der Waals surface area contributed by atoms with Crippen molar-refractivity contribution >= 4 is 0 Å². The van der Waals surface area contributed by atoms with E-state index in [1.165, 1.54) is 19.3 Å². The molecule has 0 bridgehead atoms. The number of H-pyrrole nitrogens is 2. The zero-order chi connectivity index (χ0) is 7.68. The van der Waals surface area contributed by atoms with E-state index >= 15 is 0 Å². The van der Waals surface area contributed by atoms with Gasteiger partial charge >= 0.3 is 5.69 Å². The van der Waals surface area contributed by atoms with Crippen molar-refractivity contribution in [1.29, 1.82) is 0 Å². The Kier molecular flexibility index (Phi) is 1.52. The van der Waals surface area contributed by atoms with Crippen molar-refractivity contribution in [2.45, 2.75) is 25.7 Å². The summed E-state index contributed by atoms with van der Waals surface area (Å²) in [6.45, 7) is 0. The molecule has 0 unspecified atom stereocenters. The summed E-state index contributed by atoms with van der Waals surface area (Å²) < 4.78 is 0. The minimum absolute atomic E-state index is 0.195. The minimum Gasteiger partial charge on any atom is -0.293 e. The first-order valence-corrected chi connectivity index (χ1v) is 3.98. The molecule has 1 fully saturated rings. The monoisotopic (exact) mass is 153 g/mol. The lowest BCUT2D eigenvalue weighted by atomic mass is 9.83. The van der Waals surface area contributed by atoms with Crippen LogP contribution in [-0.4, -0.2) is 15.2 Å². The topological polar surface area (TPSA) is 61.5 Å². The van der Waals surface area contributed by atoms with E-state index < -0.39 is 0 Å². The summed E-state index contributed by atoms with van der Waals surface area (Å²) in [4.78, 5) is 13.3. The van der Waals surface area contributed by atoms with Crippen LogP contribution in [0.2, 0.25) is 0 Å². The fraction of sp³-hybridized carbons (Fsp3) is 0.714. The Balaban J connectivity index is 2.00. The second kappa shape index (κ2) is 2.53. The molecule has 11 heavy (non-hydrogen) atoms. The highest BCUT2D eigenvalue weighted by Crippen LogP contribution is 2.28. The number of aromatic nitrogens is 3. The first kappa shape index (κ1) is 6.64. The molecule has 0 saturated heterocycles. The molecule has 1 saturated carbocycles. The molecule has 1 aromatic rings. The van der Waals surface area contributed by atoms with Crippen LogP contribution in [0.1, 0.15) is 25.1 Å². The van der Waals surface area contributed by atoms with Gasteiger partial charge in [-0.15, -0.1) is 0 Å². The summed E-state index contributed by atoms with van der Waals surface area (Å²) >= 11 is 0. The van der Waals surface area contributed by atoms with Gasteiger partial charge in [-0.05, 0) is 5.92 Å². The van der Waals surface area contributed by atoms with E-state index in [9.17, 15) is 4.79 Å². The van der Waals surface area contributed by atoms with Crippen LogP contribution in [-0.2, 0) is 6.42 Å². The van der Waals surface area contributed by atoms with Crippen molar-refractivity contribution in [3.63, 3.8) is 0 Å². The van der Waals surface area contributed by atoms with Crippen molar-refractivity contribution in [3.05, 3.63) is 16.3 Å². The fourth-order valence-electron chi connectivity index (χ4n) is 1.37. The second-order valence-electron chi connectivity index (χ2n) is 3.13. The van der Waals surface area contributed by atoms with Crippen LogP contribution in [0.25, 0.3) is 0 Å². The highest BCUT2D eigenvalue weighted by molar-refractivity contribution is 4.86. The maximum Gasteiger partial charge on any atom is 0.340 e. The van der Waals surface area contributed by atoms with Gasteiger partial charge in [0.05, 0.1) is 0 Å². The predicted octanol–water partition coefficient (Wildman–Crippen LogP) is 0.441. The molecule has 0 aliphatic heterocycles. The molecule has 60 valence electrons. The van der Waals surface area contributed by atoms with Gasteiger partial charge in [-0.2, -0.15) is 5.10 Å². The second-order valence-corrected chi connectivity index (χ2v) is 3.13. The van der Waals surface area contributed by atoms with Crippen LogP contribution in [0, 0.1) is 5.92 Å². The van der Waals surface area contributed by atoms with Crippen LogP contribution >= 0.6 is 0 Å². The molecule has 1 aromatic heterocycles. The number of hydrogen-bond donors (Lipinski definition) is 2. The summed E-state index contributed by atoms with van der Waals surface area (Å²) in [7, 11) is 0. The standard InChI is InChI=1S/C7H11N3O/c11-7-8-6(9-10-7)4-5-2-1-3-5/h5H,1-4H2,(H2,8,9,10,11). The van der Waals surface area contributed by atoms with Crippen LogP contribution in [0.15, 0.2) is 4.79 Å². The number of nitrogens with one attached hydrogen (secondary N) is 2. The van der Waals surface area contributed by atoms with E-state index in [0.29, 0.717) is 0 Å². The third kappa shape index (κ3) is 1.34. The maximum atomic E-state index is 10.6. The molecule has 1 heterocycles. The molecule has 0 spiro atoms.